The van der Waals surface area contributed by atoms with E-state index < -0.39 is 16.0 Å². The Morgan fingerprint density at radius 3 is 2.36 bits per heavy atom. The van der Waals surface area contributed by atoms with Gasteiger partial charge in [0, 0.05) is 6.07 Å². The second kappa shape index (κ2) is 6.25. The summed E-state index contributed by atoms with van der Waals surface area (Å²) in [5.41, 5.74) is 0.288. The zero-order valence-electron chi connectivity index (χ0n) is 11.4. The van der Waals surface area contributed by atoms with E-state index in [4.69, 9.17) is 21.4 Å². The zero-order valence-corrected chi connectivity index (χ0v) is 13.0. The highest BCUT2D eigenvalue weighted by Crippen LogP contribution is 2.28. The monoisotopic (exact) mass is 341 g/mol. The van der Waals surface area contributed by atoms with Crippen molar-refractivity contribution in [2.24, 2.45) is 0 Å². The number of hydrogen-bond acceptors (Lipinski definition) is 4. The molecule has 0 radical (unpaired) electrons. The number of carboxylic acid groups (broad SMARTS) is 1. The maximum Gasteiger partial charge on any atom is 0.335 e. The number of anilines is 1. The predicted octanol–water partition coefficient (Wildman–Crippen LogP) is 2.85. The summed E-state index contributed by atoms with van der Waals surface area (Å²) in [7, 11) is -2.41. The van der Waals surface area contributed by atoms with Gasteiger partial charge in [0.05, 0.1) is 28.3 Å². The van der Waals surface area contributed by atoms with Crippen LogP contribution in [0.25, 0.3) is 0 Å². The number of benzene rings is 2. The second-order valence-corrected chi connectivity index (χ2v) is 6.37. The van der Waals surface area contributed by atoms with E-state index in [9.17, 15) is 13.2 Å². The number of methoxy groups -OCH3 is 1. The van der Waals surface area contributed by atoms with E-state index in [1.165, 1.54) is 49.6 Å². The molecule has 0 spiro atoms. The highest BCUT2D eigenvalue weighted by molar-refractivity contribution is 7.92. The Bertz CT molecular complexity index is 802. The standard InChI is InChI=1S/C14H12ClNO5S/c1-21-13-8-10(4-7-12(13)15)16-22(19,20)11-5-2-9(3-6-11)14(17)18/h2-8,16H,1H3,(H,17,18). The summed E-state index contributed by atoms with van der Waals surface area (Å²) in [5, 5.41) is 9.16. The van der Waals surface area contributed by atoms with Crippen LogP contribution in [0.15, 0.2) is 47.4 Å². The van der Waals surface area contributed by atoms with Crippen LogP contribution < -0.4 is 9.46 Å². The topological polar surface area (TPSA) is 92.7 Å². The number of halogens is 1. The molecule has 0 aliphatic rings. The molecule has 0 saturated heterocycles. The average molecular weight is 342 g/mol. The van der Waals surface area contributed by atoms with Crippen molar-refractivity contribution in [3.8, 4) is 5.75 Å². The summed E-state index contributed by atoms with van der Waals surface area (Å²) in [5.74, 6) is -0.789. The van der Waals surface area contributed by atoms with Crippen LogP contribution in [0.4, 0.5) is 5.69 Å². The number of carboxylic acids is 1. The van der Waals surface area contributed by atoms with Crippen LogP contribution in [0.1, 0.15) is 10.4 Å². The Morgan fingerprint density at radius 1 is 1.18 bits per heavy atom. The molecule has 22 heavy (non-hydrogen) atoms. The Labute approximate surface area is 132 Å². The fourth-order valence-corrected chi connectivity index (χ4v) is 2.96. The number of carbonyl (C=O) groups is 1. The van der Waals surface area contributed by atoms with Gasteiger partial charge in [0.25, 0.3) is 10.0 Å². The first-order valence-corrected chi connectivity index (χ1v) is 7.89. The molecule has 2 aromatic carbocycles. The summed E-state index contributed by atoms with van der Waals surface area (Å²) >= 11 is 5.87. The molecular formula is C14H12ClNO5S. The van der Waals surface area contributed by atoms with E-state index >= 15 is 0 Å². The number of ether oxygens (including phenoxy) is 1. The van der Waals surface area contributed by atoms with Crippen molar-refractivity contribution in [1.82, 2.24) is 0 Å². The molecule has 0 amide bonds. The number of sulfonamides is 1. The lowest BCUT2D eigenvalue weighted by atomic mass is 10.2. The van der Waals surface area contributed by atoms with E-state index in [0.717, 1.165) is 0 Å². The van der Waals surface area contributed by atoms with E-state index in [-0.39, 0.29) is 16.1 Å². The molecule has 116 valence electrons. The molecule has 0 aliphatic heterocycles. The first kappa shape index (κ1) is 16.1. The fraction of sp³-hybridized carbons (Fsp3) is 0.0714. The molecule has 0 fully saturated rings. The van der Waals surface area contributed by atoms with Gasteiger partial charge in [0.2, 0.25) is 0 Å². The molecule has 0 unspecified atom stereocenters. The molecule has 0 saturated carbocycles. The Balaban J connectivity index is 2.29. The first-order chi connectivity index (χ1) is 10.3. The SMILES string of the molecule is COc1cc(NS(=O)(=O)c2ccc(C(=O)O)cc2)ccc1Cl. The van der Waals surface area contributed by atoms with Crippen LogP contribution in [0.2, 0.25) is 5.02 Å². The number of hydrogen-bond donors (Lipinski definition) is 2. The summed E-state index contributed by atoms with van der Waals surface area (Å²) < 4.78 is 31.9. The molecule has 2 aromatic rings. The van der Waals surface area contributed by atoms with Gasteiger partial charge in [0.15, 0.2) is 0 Å². The average Bonchev–Trinajstić information content (AvgIpc) is 2.49. The van der Waals surface area contributed by atoms with Crippen LogP contribution in [0.3, 0.4) is 0 Å². The van der Waals surface area contributed by atoms with Crippen molar-refractivity contribution in [1.29, 1.82) is 0 Å². The van der Waals surface area contributed by atoms with E-state index in [0.29, 0.717) is 10.8 Å². The van der Waals surface area contributed by atoms with Crippen LogP contribution in [-0.4, -0.2) is 26.6 Å². The van der Waals surface area contributed by atoms with Gasteiger partial charge in [-0.1, -0.05) is 11.6 Å². The summed E-state index contributed by atoms with van der Waals surface area (Å²) in [4.78, 5) is 10.7. The molecule has 0 heterocycles. The maximum absolute atomic E-state index is 12.2. The predicted molar refractivity (Wildman–Crippen MR) is 82.2 cm³/mol. The third-order valence-corrected chi connectivity index (χ3v) is 4.52. The summed E-state index contributed by atoms with van der Waals surface area (Å²) in [6.07, 6.45) is 0. The Morgan fingerprint density at radius 2 is 1.82 bits per heavy atom. The van der Waals surface area contributed by atoms with E-state index in [1.807, 2.05) is 0 Å². The normalized spacial score (nSPS) is 11.0. The van der Waals surface area contributed by atoms with Crippen molar-refractivity contribution < 1.29 is 23.1 Å². The van der Waals surface area contributed by atoms with E-state index in [1.54, 1.807) is 0 Å². The van der Waals surface area contributed by atoms with Crippen molar-refractivity contribution >= 4 is 33.3 Å². The molecule has 2 N–H and O–H groups in total. The Kier molecular flexibility index (Phi) is 4.58. The zero-order chi connectivity index (χ0) is 16.3. The highest BCUT2D eigenvalue weighted by atomic mass is 35.5. The van der Waals surface area contributed by atoms with Crippen LogP contribution >= 0.6 is 11.6 Å². The lowest BCUT2D eigenvalue weighted by molar-refractivity contribution is 0.0696. The minimum absolute atomic E-state index is 0.00659. The van der Waals surface area contributed by atoms with Gasteiger partial charge in [-0.3, -0.25) is 4.72 Å². The highest BCUT2D eigenvalue weighted by Gasteiger charge is 2.16. The molecular weight excluding hydrogens is 330 g/mol. The van der Waals surface area contributed by atoms with Crippen molar-refractivity contribution in [2.75, 3.05) is 11.8 Å². The molecule has 6 nitrogen and oxygen atoms in total. The molecule has 2 rings (SSSR count). The molecule has 8 heteroatoms. The second-order valence-electron chi connectivity index (χ2n) is 4.28. The smallest absolute Gasteiger partial charge is 0.335 e. The van der Waals surface area contributed by atoms with Gasteiger partial charge in [-0.05, 0) is 36.4 Å². The maximum atomic E-state index is 12.2. The number of rotatable bonds is 5. The minimum atomic E-state index is -3.84. The summed E-state index contributed by atoms with van der Waals surface area (Å²) in [6, 6.07) is 9.34. The van der Waals surface area contributed by atoms with E-state index in [2.05, 4.69) is 4.72 Å². The minimum Gasteiger partial charge on any atom is -0.495 e. The number of nitrogens with one attached hydrogen (secondary N) is 1. The lowest BCUT2D eigenvalue weighted by Crippen LogP contribution is -2.13. The summed E-state index contributed by atoms with van der Waals surface area (Å²) in [6.45, 7) is 0. The lowest BCUT2D eigenvalue weighted by Gasteiger charge is -2.10. The fourth-order valence-electron chi connectivity index (χ4n) is 1.71. The van der Waals surface area contributed by atoms with Crippen molar-refractivity contribution in [3.63, 3.8) is 0 Å². The Hall–Kier alpha value is -2.25. The molecule has 0 atom stereocenters. The largest absolute Gasteiger partial charge is 0.495 e. The van der Waals surface area contributed by atoms with Gasteiger partial charge >= 0.3 is 5.97 Å². The van der Waals surface area contributed by atoms with Crippen LogP contribution in [-0.2, 0) is 10.0 Å². The van der Waals surface area contributed by atoms with Crippen LogP contribution in [0, 0.1) is 0 Å². The van der Waals surface area contributed by atoms with Crippen LogP contribution in [0.5, 0.6) is 5.75 Å². The van der Waals surface area contributed by atoms with Crippen molar-refractivity contribution in [3.05, 3.63) is 53.1 Å². The van der Waals surface area contributed by atoms with Gasteiger partial charge in [0.1, 0.15) is 5.75 Å². The molecule has 0 aromatic heterocycles. The third-order valence-electron chi connectivity index (χ3n) is 2.81. The number of aromatic carboxylic acids is 1. The van der Waals surface area contributed by atoms with Gasteiger partial charge in [-0.2, -0.15) is 0 Å². The quantitative estimate of drug-likeness (QED) is 0.872. The van der Waals surface area contributed by atoms with Gasteiger partial charge in [-0.15, -0.1) is 0 Å². The molecule has 0 aliphatic carbocycles. The van der Waals surface area contributed by atoms with Gasteiger partial charge < -0.3 is 9.84 Å². The third kappa shape index (κ3) is 3.49. The molecule has 0 bridgehead atoms. The van der Waals surface area contributed by atoms with Gasteiger partial charge in [-0.25, -0.2) is 13.2 Å². The first-order valence-electron chi connectivity index (χ1n) is 6.03. The van der Waals surface area contributed by atoms with Crippen molar-refractivity contribution in [2.45, 2.75) is 4.90 Å².